The molecule has 0 bridgehead atoms. The van der Waals surface area contributed by atoms with Gasteiger partial charge in [0.05, 0.1) is 44.5 Å². The lowest BCUT2D eigenvalue weighted by Crippen LogP contribution is -2.32. The van der Waals surface area contributed by atoms with Gasteiger partial charge in [-0.2, -0.15) is 0 Å². The summed E-state index contributed by atoms with van der Waals surface area (Å²) in [6.45, 7) is 0. The van der Waals surface area contributed by atoms with Gasteiger partial charge in [0.2, 0.25) is 0 Å². The summed E-state index contributed by atoms with van der Waals surface area (Å²) >= 11 is 3.75. The van der Waals surface area contributed by atoms with Gasteiger partial charge >= 0.3 is 0 Å². The lowest BCUT2D eigenvalue weighted by atomic mass is 9.67. The fraction of sp³-hybridized carbons (Fsp3) is 0.0175. The first-order valence-electron chi connectivity index (χ1n) is 41.5. The van der Waals surface area contributed by atoms with Crippen LogP contribution < -0.4 is 15.9 Å². The summed E-state index contributed by atoms with van der Waals surface area (Å²) in [4.78, 5) is 26.0. The number of aromatic nitrogens is 4. The smallest absolute Gasteiger partial charge is 0.171 e. The minimum absolute atomic E-state index is 0.448. The average molecular weight is 1610 g/mol. The minimum Gasteiger partial charge on any atom is -0.309 e. The van der Waals surface area contributed by atoms with E-state index in [1.54, 1.807) is 0 Å². The molecule has 25 rings (SSSR count). The molecule has 5 nitrogen and oxygen atoms in total. The fourth-order valence-electron chi connectivity index (χ4n) is 20.2. The van der Waals surface area contributed by atoms with Crippen molar-refractivity contribution in [2.45, 2.75) is 30.4 Å². The normalized spacial score (nSPS) is 13.3. The molecule has 21 aromatic rings. The molecule has 8 heteroatoms. The Morgan fingerprint density at radius 1 is 0.197 bits per heavy atom. The van der Waals surface area contributed by atoms with Gasteiger partial charge in [-0.25, -0.2) is 19.9 Å². The van der Waals surface area contributed by atoms with E-state index in [1.165, 1.54) is 97.1 Å². The minimum atomic E-state index is -3.08. The SMILES string of the molecule is O=P(c1ccccc1)(c1ccccc1)c1ccc(-c2cccc(-c3nc4ccccc4c4cc5c(cc34)Sc3ccccc3C53c4ccccc4-c4ccccc43)c2)cc1.c1ccc(-c2nc(-c3ccc(-c4cccc(-c5nc6ccccc6c6cc7c(cc56)Sc5ccccc5C75c6ccccc6-c6ccccc65)c4)cc3)c3ccccc3n2)cc1. The average Bonchev–Trinajstić information content (AvgIpc) is 1.49. The van der Waals surface area contributed by atoms with Crippen molar-refractivity contribution in [3.05, 3.63) is 475 Å². The van der Waals surface area contributed by atoms with Crippen LogP contribution in [0.25, 0.3) is 144 Å². The largest absolute Gasteiger partial charge is 0.309 e. The first-order valence-corrected chi connectivity index (χ1v) is 44.8. The van der Waals surface area contributed by atoms with Gasteiger partial charge in [0.1, 0.15) is 0 Å². The number of nitrogens with zero attached hydrogens (tertiary/aromatic N) is 4. The van der Waals surface area contributed by atoms with Gasteiger partial charge in [0.15, 0.2) is 13.0 Å². The lowest BCUT2D eigenvalue weighted by molar-refractivity contribution is 0.592. The molecule has 570 valence electrons. The number of pyridine rings is 2. The highest BCUT2D eigenvalue weighted by Gasteiger charge is 2.52. The van der Waals surface area contributed by atoms with Crippen LogP contribution in [0.4, 0.5) is 0 Å². The van der Waals surface area contributed by atoms with E-state index in [2.05, 4.69) is 334 Å². The van der Waals surface area contributed by atoms with Crippen molar-refractivity contribution in [2.75, 3.05) is 0 Å². The molecule has 4 aliphatic rings. The second-order valence-electron chi connectivity index (χ2n) is 32.0. The zero-order chi connectivity index (χ0) is 80.6. The van der Waals surface area contributed by atoms with Crippen LogP contribution >= 0.6 is 30.7 Å². The summed E-state index contributed by atoms with van der Waals surface area (Å²) in [5.41, 5.74) is 29.4. The van der Waals surface area contributed by atoms with E-state index in [0.717, 1.165) is 127 Å². The van der Waals surface area contributed by atoms with Crippen molar-refractivity contribution in [3.63, 3.8) is 0 Å². The molecule has 18 aromatic carbocycles. The Kier molecular flexibility index (Phi) is 16.8. The fourth-order valence-corrected chi connectivity index (χ4v) is 25.2. The quantitative estimate of drug-likeness (QED) is 0.105. The first kappa shape index (κ1) is 71.7. The zero-order valence-corrected chi connectivity index (χ0v) is 68.5. The van der Waals surface area contributed by atoms with Crippen LogP contribution in [-0.2, 0) is 15.4 Å². The van der Waals surface area contributed by atoms with Crippen LogP contribution in [0.5, 0.6) is 0 Å². The third kappa shape index (κ3) is 11.1. The number of benzene rings is 18. The Morgan fingerprint density at radius 3 is 0.975 bits per heavy atom. The molecule has 2 aliphatic heterocycles. The van der Waals surface area contributed by atoms with Crippen LogP contribution in [-0.4, -0.2) is 19.9 Å². The predicted octanol–water partition coefficient (Wildman–Crippen LogP) is 28.0. The van der Waals surface area contributed by atoms with Gasteiger partial charge in [-0.3, -0.25) is 0 Å². The molecule has 2 spiro atoms. The van der Waals surface area contributed by atoms with Crippen molar-refractivity contribution in [3.8, 4) is 89.7 Å². The van der Waals surface area contributed by atoms with Gasteiger partial charge < -0.3 is 4.57 Å². The van der Waals surface area contributed by atoms with Gasteiger partial charge in [-0.1, -0.05) is 388 Å². The van der Waals surface area contributed by atoms with Crippen molar-refractivity contribution in [1.29, 1.82) is 0 Å². The van der Waals surface area contributed by atoms with Gasteiger partial charge in [0, 0.05) is 84.7 Å². The first-order chi connectivity index (χ1) is 60.3. The van der Waals surface area contributed by atoms with Gasteiger partial charge in [-0.05, 0) is 167 Å². The highest BCUT2D eigenvalue weighted by molar-refractivity contribution is 7.99. The third-order valence-corrected chi connectivity index (χ3v) is 30.9. The molecule has 5 heterocycles. The van der Waals surface area contributed by atoms with Crippen molar-refractivity contribution in [2.24, 2.45) is 0 Å². The maximum absolute atomic E-state index is 15.1. The highest BCUT2D eigenvalue weighted by Crippen LogP contribution is 2.65. The molecule has 0 atom stereocenters. The summed E-state index contributed by atoms with van der Waals surface area (Å²) < 4.78 is 15.1. The van der Waals surface area contributed by atoms with Crippen LogP contribution in [0.1, 0.15) is 44.5 Å². The second kappa shape index (κ2) is 28.7. The van der Waals surface area contributed by atoms with E-state index < -0.39 is 18.0 Å². The van der Waals surface area contributed by atoms with Crippen LogP contribution in [0, 0.1) is 0 Å². The van der Waals surface area contributed by atoms with Crippen LogP contribution in [0.15, 0.2) is 450 Å². The summed E-state index contributed by atoms with van der Waals surface area (Å²) in [6.07, 6.45) is 0. The molecule has 122 heavy (non-hydrogen) atoms. The van der Waals surface area contributed by atoms with E-state index >= 15 is 4.57 Å². The van der Waals surface area contributed by atoms with E-state index in [0.29, 0.717) is 0 Å². The Bertz CT molecular complexity index is 7800. The van der Waals surface area contributed by atoms with E-state index in [4.69, 9.17) is 19.9 Å². The third-order valence-electron chi connectivity index (χ3n) is 25.5. The number of rotatable bonds is 9. The Morgan fingerprint density at radius 2 is 0.525 bits per heavy atom. The Hall–Kier alpha value is -14.4. The molecule has 2 aliphatic carbocycles. The summed E-state index contributed by atoms with van der Waals surface area (Å²) in [7, 11) is -3.08. The van der Waals surface area contributed by atoms with E-state index in [1.807, 2.05) is 121 Å². The summed E-state index contributed by atoms with van der Waals surface area (Å²) in [5.74, 6) is 0.725. The summed E-state index contributed by atoms with van der Waals surface area (Å²) in [6, 6.07) is 154. The van der Waals surface area contributed by atoms with Crippen molar-refractivity contribution < 1.29 is 4.57 Å². The van der Waals surface area contributed by atoms with Gasteiger partial charge in [0.25, 0.3) is 0 Å². The monoisotopic (exact) mass is 1610 g/mol. The standard InChI is InChI=1S/C58H35N3S.C56H36NOPS/c1-2-15-38(16-3-1)57-60-52-27-12-7-22-44(52)55(61-57)37-31-29-36(30-32-37)39-17-14-18-40(33-39)56-46-35-54-50(34-45(46)43-21-6-11-26-51(43)59-56)58(49-25-10-13-28-53(49)62-54)47-23-8-4-19-41(47)42-20-5-9-24-48(42)58;58-59(40-18-3-1-4-19-40,41-20-5-2-6-21-41)42-32-30-37(31-33-42)38-16-15-17-39(34-38)55-47-36-54-51(35-46(47)45-24-9-13-28-52(45)57-55)56(50-27-12-14-29-53(50)60-54)48-25-10-7-22-43(48)44-23-8-11-26-49(44)56/h1-35H;1-36H. The molecule has 0 saturated carbocycles. The molecular weight excluding hydrogens is 1540 g/mol. The molecule has 0 fully saturated rings. The van der Waals surface area contributed by atoms with Crippen molar-refractivity contribution in [1.82, 2.24) is 19.9 Å². The van der Waals surface area contributed by atoms with Crippen LogP contribution in [0.2, 0.25) is 0 Å². The van der Waals surface area contributed by atoms with E-state index in [-0.39, 0.29) is 0 Å². The second-order valence-corrected chi connectivity index (χ2v) is 36.9. The molecular formula is C114H71N4OPS2. The maximum Gasteiger partial charge on any atom is 0.171 e. The number of fused-ring (bicyclic) bond motifs is 25. The summed E-state index contributed by atoms with van der Waals surface area (Å²) in [5, 5.41) is 10.5. The Balaban J connectivity index is 0.000000138. The van der Waals surface area contributed by atoms with Crippen molar-refractivity contribution >= 4 is 101 Å². The number of hydrogen-bond donors (Lipinski definition) is 0. The van der Waals surface area contributed by atoms with E-state index in [9.17, 15) is 0 Å². The number of para-hydroxylation sites is 3. The lowest BCUT2D eigenvalue weighted by Gasteiger charge is -2.40. The van der Waals surface area contributed by atoms with Crippen LogP contribution in [0.3, 0.4) is 0 Å². The molecule has 0 unspecified atom stereocenters. The topological polar surface area (TPSA) is 68.6 Å². The maximum atomic E-state index is 15.1. The molecule has 0 N–H and O–H groups in total. The predicted molar refractivity (Wildman–Crippen MR) is 506 cm³/mol. The molecule has 3 aromatic heterocycles. The zero-order valence-electron chi connectivity index (χ0n) is 66.0. The van der Waals surface area contributed by atoms with Gasteiger partial charge in [-0.15, -0.1) is 0 Å². The molecule has 0 saturated heterocycles. The highest BCUT2D eigenvalue weighted by atomic mass is 32.2. The Labute approximate surface area is 715 Å². The number of hydrogen-bond acceptors (Lipinski definition) is 7. The molecule has 0 radical (unpaired) electrons. The molecule has 0 amide bonds.